The Labute approximate surface area is 116 Å². The zero-order valence-electron chi connectivity index (χ0n) is 10.8. The van der Waals surface area contributed by atoms with Crippen LogP contribution in [0.3, 0.4) is 0 Å². The van der Waals surface area contributed by atoms with Crippen molar-refractivity contribution in [3.63, 3.8) is 0 Å². The van der Waals surface area contributed by atoms with Gasteiger partial charge in [0.05, 0.1) is 17.8 Å². The third kappa shape index (κ3) is 2.43. The Kier molecular flexibility index (Phi) is 3.26. The number of rotatable bonds is 3. The number of hydrogen-bond acceptors (Lipinski definition) is 3. The first-order chi connectivity index (χ1) is 9.76. The van der Waals surface area contributed by atoms with Crippen LogP contribution in [0.15, 0.2) is 42.5 Å². The minimum absolute atomic E-state index is 0.0315. The van der Waals surface area contributed by atoms with Crippen molar-refractivity contribution in [2.45, 2.75) is 12.5 Å². The van der Waals surface area contributed by atoms with Crippen LogP contribution in [0.4, 0.5) is 10.1 Å². The maximum atomic E-state index is 13.1. The van der Waals surface area contributed by atoms with Crippen LogP contribution >= 0.6 is 0 Å². The van der Waals surface area contributed by atoms with E-state index in [0.29, 0.717) is 17.8 Å². The minimum atomic E-state index is -0.406. The topological polar surface area (TPSA) is 45.0 Å². The van der Waals surface area contributed by atoms with E-state index in [1.165, 1.54) is 17.7 Å². The van der Waals surface area contributed by atoms with Gasteiger partial charge in [-0.1, -0.05) is 18.2 Å². The summed E-state index contributed by atoms with van der Waals surface area (Å²) in [6, 6.07) is 14.1. The highest BCUT2D eigenvalue weighted by Crippen LogP contribution is 2.28. The molecular weight excluding hydrogens is 255 g/mol. The fourth-order valence-electron chi connectivity index (χ4n) is 2.35. The Morgan fingerprint density at radius 1 is 1.30 bits per heavy atom. The van der Waals surface area contributed by atoms with Gasteiger partial charge < -0.3 is 10.1 Å². The van der Waals surface area contributed by atoms with E-state index in [0.717, 1.165) is 12.2 Å². The van der Waals surface area contributed by atoms with E-state index in [1.807, 2.05) is 30.3 Å². The second kappa shape index (κ2) is 5.22. The van der Waals surface area contributed by atoms with Crippen molar-refractivity contribution in [1.82, 2.24) is 0 Å². The highest BCUT2D eigenvalue weighted by Gasteiger charge is 2.22. The number of fused-ring (bicyclic) bond motifs is 1. The summed E-state index contributed by atoms with van der Waals surface area (Å²) in [5.74, 6) is 0.510. The van der Waals surface area contributed by atoms with Gasteiger partial charge in [-0.25, -0.2) is 4.39 Å². The van der Waals surface area contributed by atoms with Crippen LogP contribution in [-0.4, -0.2) is 12.6 Å². The van der Waals surface area contributed by atoms with Gasteiger partial charge in [-0.15, -0.1) is 0 Å². The Bertz CT molecular complexity index is 653. The number of ether oxygens (including phenoxy) is 1. The Hall–Kier alpha value is -2.54. The molecule has 100 valence electrons. The maximum absolute atomic E-state index is 13.1. The van der Waals surface area contributed by atoms with Crippen molar-refractivity contribution in [1.29, 1.82) is 5.26 Å². The molecule has 0 aliphatic carbocycles. The molecule has 1 aliphatic heterocycles. The number of nitrogens with one attached hydrogen (secondary N) is 1. The number of nitrogens with zero attached hydrogens (tertiary/aromatic N) is 1. The summed E-state index contributed by atoms with van der Waals surface area (Å²) in [7, 11) is 0. The van der Waals surface area contributed by atoms with Gasteiger partial charge in [0.25, 0.3) is 0 Å². The number of nitriles is 1. The van der Waals surface area contributed by atoms with Crippen LogP contribution < -0.4 is 10.1 Å². The monoisotopic (exact) mass is 268 g/mol. The molecule has 1 unspecified atom stereocenters. The van der Waals surface area contributed by atoms with Crippen LogP contribution in [0.2, 0.25) is 0 Å². The fourth-order valence-corrected chi connectivity index (χ4v) is 2.35. The second-order valence-electron chi connectivity index (χ2n) is 4.73. The largest absolute Gasteiger partial charge is 0.488 e. The molecule has 0 bridgehead atoms. The molecule has 20 heavy (non-hydrogen) atoms. The zero-order valence-corrected chi connectivity index (χ0v) is 10.8. The Balaban J connectivity index is 1.66. The molecule has 1 N–H and O–H groups in total. The molecule has 0 radical (unpaired) electrons. The molecule has 0 aromatic heterocycles. The van der Waals surface area contributed by atoms with Gasteiger partial charge in [0.15, 0.2) is 0 Å². The summed E-state index contributed by atoms with van der Waals surface area (Å²) in [6.45, 7) is 0.578. The normalized spacial score (nSPS) is 16.1. The summed E-state index contributed by atoms with van der Waals surface area (Å²) in [5.41, 5.74) is 2.13. The number of para-hydroxylation sites is 1. The quantitative estimate of drug-likeness (QED) is 0.930. The molecule has 2 aromatic rings. The van der Waals surface area contributed by atoms with Gasteiger partial charge in [0.1, 0.15) is 23.7 Å². The summed E-state index contributed by atoms with van der Waals surface area (Å²) < 4.78 is 18.9. The number of anilines is 1. The molecular formula is C16H13FN2O. The number of halogens is 1. The third-order valence-corrected chi connectivity index (χ3v) is 3.34. The van der Waals surface area contributed by atoms with E-state index in [9.17, 15) is 4.39 Å². The first-order valence-corrected chi connectivity index (χ1v) is 6.44. The van der Waals surface area contributed by atoms with Crippen LogP contribution in [0, 0.1) is 17.1 Å². The summed E-state index contributed by atoms with van der Waals surface area (Å²) in [4.78, 5) is 0. The van der Waals surface area contributed by atoms with Crippen molar-refractivity contribution in [3.05, 3.63) is 59.4 Å². The highest BCUT2D eigenvalue weighted by molar-refractivity contribution is 5.57. The van der Waals surface area contributed by atoms with Crippen LogP contribution in [-0.2, 0) is 6.42 Å². The van der Waals surface area contributed by atoms with E-state index in [-0.39, 0.29) is 6.10 Å². The van der Waals surface area contributed by atoms with Crippen molar-refractivity contribution >= 4 is 5.69 Å². The van der Waals surface area contributed by atoms with Gasteiger partial charge in [0.2, 0.25) is 0 Å². The molecule has 3 rings (SSSR count). The first kappa shape index (κ1) is 12.5. The maximum Gasteiger partial charge on any atom is 0.124 e. The predicted molar refractivity (Wildman–Crippen MR) is 74.2 cm³/mol. The molecule has 0 fully saturated rings. The lowest BCUT2D eigenvalue weighted by Gasteiger charge is -2.13. The van der Waals surface area contributed by atoms with Crippen molar-refractivity contribution in [3.8, 4) is 11.8 Å². The van der Waals surface area contributed by atoms with E-state index in [4.69, 9.17) is 10.00 Å². The molecule has 0 saturated carbocycles. The molecule has 0 saturated heterocycles. The molecule has 1 heterocycles. The first-order valence-electron chi connectivity index (χ1n) is 6.44. The molecule has 0 spiro atoms. The molecule has 1 atom stereocenters. The standard InChI is InChI=1S/C16H13FN2O/c17-13-5-6-15(12(7-13)9-18)19-10-14-8-11-3-1-2-4-16(11)20-14/h1-7,14,19H,8,10H2. The number of hydrogen-bond donors (Lipinski definition) is 1. The number of benzene rings is 2. The summed E-state index contributed by atoms with van der Waals surface area (Å²) >= 11 is 0. The molecule has 0 amide bonds. The molecule has 1 aliphatic rings. The van der Waals surface area contributed by atoms with Crippen molar-refractivity contribution in [2.24, 2.45) is 0 Å². The Morgan fingerprint density at radius 3 is 2.95 bits per heavy atom. The van der Waals surface area contributed by atoms with Gasteiger partial charge in [-0.3, -0.25) is 0 Å². The average Bonchev–Trinajstić information content (AvgIpc) is 2.88. The predicted octanol–water partition coefficient (Wildman–Crippen LogP) is 3.11. The fraction of sp³-hybridized carbons (Fsp3) is 0.188. The van der Waals surface area contributed by atoms with Crippen molar-refractivity contribution in [2.75, 3.05) is 11.9 Å². The van der Waals surface area contributed by atoms with Crippen LogP contribution in [0.5, 0.6) is 5.75 Å². The van der Waals surface area contributed by atoms with E-state index in [2.05, 4.69) is 5.32 Å². The van der Waals surface area contributed by atoms with Gasteiger partial charge in [-0.05, 0) is 29.8 Å². The highest BCUT2D eigenvalue weighted by atomic mass is 19.1. The second-order valence-corrected chi connectivity index (χ2v) is 4.73. The lowest BCUT2D eigenvalue weighted by atomic mass is 10.1. The third-order valence-electron chi connectivity index (χ3n) is 3.34. The molecule has 4 heteroatoms. The SMILES string of the molecule is N#Cc1cc(F)ccc1NCC1Cc2ccccc2O1. The zero-order chi connectivity index (χ0) is 13.9. The minimum Gasteiger partial charge on any atom is -0.488 e. The Morgan fingerprint density at radius 2 is 2.15 bits per heavy atom. The van der Waals surface area contributed by atoms with Crippen molar-refractivity contribution < 1.29 is 9.13 Å². The average molecular weight is 268 g/mol. The van der Waals surface area contributed by atoms with Crippen LogP contribution in [0.1, 0.15) is 11.1 Å². The van der Waals surface area contributed by atoms with Gasteiger partial charge in [0, 0.05) is 6.42 Å². The van der Waals surface area contributed by atoms with Gasteiger partial charge in [-0.2, -0.15) is 5.26 Å². The van der Waals surface area contributed by atoms with E-state index in [1.54, 1.807) is 6.07 Å². The van der Waals surface area contributed by atoms with Crippen LogP contribution in [0.25, 0.3) is 0 Å². The summed E-state index contributed by atoms with van der Waals surface area (Å²) in [5, 5.41) is 12.1. The lowest BCUT2D eigenvalue weighted by molar-refractivity contribution is 0.246. The molecule has 2 aromatic carbocycles. The lowest BCUT2D eigenvalue weighted by Crippen LogP contribution is -2.24. The summed E-state index contributed by atoms with van der Waals surface area (Å²) in [6.07, 6.45) is 0.871. The van der Waals surface area contributed by atoms with Gasteiger partial charge >= 0.3 is 0 Å². The molecule has 3 nitrogen and oxygen atoms in total. The smallest absolute Gasteiger partial charge is 0.124 e. The van der Waals surface area contributed by atoms with E-state index < -0.39 is 5.82 Å². The van der Waals surface area contributed by atoms with E-state index >= 15 is 0 Å².